The molecule has 1 amide bonds. The number of piperidine rings is 1. The number of amides is 1. The first-order valence-corrected chi connectivity index (χ1v) is 8.22. The zero-order valence-electron chi connectivity index (χ0n) is 13.7. The molecular weight excluding hydrogens is 308 g/mol. The van der Waals surface area contributed by atoms with E-state index < -0.39 is 0 Å². The minimum Gasteiger partial charge on any atom is -0.478 e. The molecule has 3 heterocycles. The first-order chi connectivity index (χ1) is 11.7. The molecular formula is C16H22N6O2. The van der Waals surface area contributed by atoms with Gasteiger partial charge >= 0.3 is 0 Å². The summed E-state index contributed by atoms with van der Waals surface area (Å²) in [6.45, 7) is 3.99. The molecule has 0 unspecified atom stereocenters. The number of nitrogens with one attached hydrogen (secondary N) is 2. The van der Waals surface area contributed by atoms with Gasteiger partial charge in [0.15, 0.2) is 0 Å². The van der Waals surface area contributed by atoms with Gasteiger partial charge in [0.05, 0.1) is 13.0 Å². The molecule has 2 aromatic heterocycles. The number of carbonyl (C=O) groups excluding carboxylic acids is 1. The monoisotopic (exact) mass is 330 g/mol. The van der Waals surface area contributed by atoms with Crippen molar-refractivity contribution in [2.24, 2.45) is 0 Å². The highest BCUT2D eigenvalue weighted by molar-refractivity contribution is 5.78. The van der Waals surface area contributed by atoms with Gasteiger partial charge in [0.2, 0.25) is 11.8 Å². The molecule has 2 aromatic rings. The standard InChI is InChI=1S/C16H22N6O2/c1-2-24-15-10-14(17-11-18-15)20-12-4-7-22(8-5-12)16(23)9-13-3-6-19-21-13/h3,6,10-12H,2,4-5,7-9H2,1H3,(H,19,21)(H,17,18,20). The fourth-order valence-electron chi connectivity index (χ4n) is 2.79. The van der Waals surface area contributed by atoms with E-state index in [4.69, 9.17) is 4.74 Å². The van der Waals surface area contributed by atoms with Crippen LogP contribution in [0.15, 0.2) is 24.7 Å². The van der Waals surface area contributed by atoms with Gasteiger partial charge < -0.3 is 15.0 Å². The lowest BCUT2D eigenvalue weighted by Crippen LogP contribution is -2.43. The molecule has 0 aliphatic carbocycles. The van der Waals surface area contributed by atoms with E-state index >= 15 is 0 Å². The first kappa shape index (κ1) is 16.2. The Kier molecular flexibility index (Phi) is 5.25. The molecule has 1 fully saturated rings. The summed E-state index contributed by atoms with van der Waals surface area (Å²) in [5.41, 5.74) is 0.852. The van der Waals surface area contributed by atoms with Crippen LogP contribution < -0.4 is 10.1 Å². The second-order valence-corrected chi connectivity index (χ2v) is 5.73. The predicted molar refractivity (Wildman–Crippen MR) is 88.7 cm³/mol. The van der Waals surface area contributed by atoms with Gasteiger partial charge in [-0.3, -0.25) is 9.89 Å². The lowest BCUT2D eigenvalue weighted by atomic mass is 10.0. The van der Waals surface area contributed by atoms with Crippen molar-refractivity contribution in [3.8, 4) is 5.88 Å². The maximum Gasteiger partial charge on any atom is 0.228 e. The van der Waals surface area contributed by atoms with Crippen molar-refractivity contribution in [3.05, 3.63) is 30.4 Å². The Morgan fingerprint density at radius 3 is 2.96 bits per heavy atom. The lowest BCUT2D eigenvalue weighted by Gasteiger charge is -2.32. The largest absolute Gasteiger partial charge is 0.478 e. The predicted octanol–water partition coefficient (Wildman–Crippen LogP) is 1.24. The summed E-state index contributed by atoms with van der Waals surface area (Å²) in [4.78, 5) is 22.5. The number of hydrogen-bond acceptors (Lipinski definition) is 6. The molecule has 128 valence electrons. The summed E-state index contributed by atoms with van der Waals surface area (Å²) < 4.78 is 5.38. The molecule has 0 atom stereocenters. The Hall–Kier alpha value is -2.64. The molecule has 2 N–H and O–H groups in total. The minimum absolute atomic E-state index is 0.137. The second kappa shape index (κ2) is 7.76. The smallest absolute Gasteiger partial charge is 0.228 e. The van der Waals surface area contributed by atoms with Crippen molar-refractivity contribution in [1.29, 1.82) is 0 Å². The van der Waals surface area contributed by atoms with Gasteiger partial charge in [-0.15, -0.1) is 0 Å². The molecule has 3 rings (SSSR count). The molecule has 8 nitrogen and oxygen atoms in total. The van der Waals surface area contributed by atoms with Gasteiger partial charge in [0.1, 0.15) is 12.1 Å². The first-order valence-electron chi connectivity index (χ1n) is 8.22. The molecule has 0 radical (unpaired) electrons. The Bertz CT molecular complexity index is 652. The fraction of sp³-hybridized carbons (Fsp3) is 0.500. The highest BCUT2D eigenvalue weighted by Crippen LogP contribution is 2.18. The highest BCUT2D eigenvalue weighted by Gasteiger charge is 2.23. The van der Waals surface area contributed by atoms with Crippen LogP contribution in [0, 0.1) is 0 Å². The van der Waals surface area contributed by atoms with Gasteiger partial charge in [0.25, 0.3) is 0 Å². The van der Waals surface area contributed by atoms with Crippen LogP contribution in [0.25, 0.3) is 0 Å². The number of anilines is 1. The number of likely N-dealkylation sites (tertiary alicyclic amines) is 1. The SMILES string of the molecule is CCOc1cc(NC2CCN(C(=O)Cc3ccn[nH]3)CC2)ncn1. The number of rotatable bonds is 6. The molecule has 1 aliphatic rings. The quantitative estimate of drug-likeness (QED) is 0.827. The van der Waals surface area contributed by atoms with Crippen LogP contribution in [-0.4, -0.2) is 56.7 Å². The summed E-state index contributed by atoms with van der Waals surface area (Å²) in [7, 11) is 0. The normalized spacial score (nSPS) is 15.3. The minimum atomic E-state index is 0.137. The van der Waals surface area contributed by atoms with Crippen LogP contribution in [0.1, 0.15) is 25.5 Å². The molecule has 0 spiro atoms. The third-order valence-electron chi connectivity index (χ3n) is 4.03. The third-order valence-corrected chi connectivity index (χ3v) is 4.03. The molecule has 1 aliphatic heterocycles. The highest BCUT2D eigenvalue weighted by atomic mass is 16.5. The summed E-state index contributed by atoms with van der Waals surface area (Å²) in [6.07, 6.45) is 5.32. The zero-order valence-corrected chi connectivity index (χ0v) is 13.7. The van der Waals surface area contributed by atoms with Gasteiger partial charge in [-0.2, -0.15) is 5.10 Å². The Labute approximate surface area is 140 Å². The average molecular weight is 330 g/mol. The van der Waals surface area contributed by atoms with E-state index in [1.807, 2.05) is 17.9 Å². The molecule has 0 saturated carbocycles. The lowest BCUT2D eigenvalue weighted by molar-refractivity contribution is -0.131. The van der Waals surface area contributed by atoms with Crippen LogP contribution in [0.2, 0.25) is 0 Å². The van der Waals surface area contributed by atoms with E-state index in [2.05, 4.69) is 25.5 Å². The van der Waals surface area contributed by atoms with Crippen molar-refractivity contribution >= 4 is 11.7 Å². The zero-order chi connectivity index (χ0) is 16.8. The van der Waals surface area contributed by atoms with Gasteiger partial charge in [-0.05, 0) is 25.8 Å². The number of aromatic nitrogens is 4. The van der Waals surface area contributed by atoms with Crippen molar-refractivity contribution in [2.45, 2.75) is 32.2 Å². The van der Waals surface area contributed by atoms with Crippen LogP contribution in [0.4, 0.5) is 5.82 Å². The molecule has 1 saturated heterocycles. The Morgan fingerprint density at radius 1 is 1.42 bits per heavy atom. The number of H-pyrrole nitrogens is 1. The molecule has 24 heavy (non-hydrogen) atoms. The number of nitrogens with zero attached hydrogens (tertiary/aromatic N) is 4. The maximum atomic E-state index is 12.3. The summed E-state index contributed by atoms with van der Waals surface area (Å²) in [5, 5.41) is 10.1. The van der Waals surface area contributed by atoms with E-state index in [0.717, 1.165) is 37.4 Å². The van der Waals surface area contributed by atoms with E-state index in [1.165, 1.54) is 6.33 Å². The van der Waals surface area contributed by atoms with E-state index in [1.54, 1.807) is 12.3 Å². The van der Waals surface area contributed by atoms with Crippen LogP contribution in [-0.2, 0) is 11.2 Å². The summed E-state index contributed by atoms with van der Waals surface area (Å²) in [6, 6.07) is 3.93. The van der Waals surface area contributed by atoms with Crippen molar-refractivity contribution in [3.63, 3.8) is 0 Å². The van der Waals surface area contributed by atoms with Crippen LogP contribution in [0.3, 0.4) is 0 Å². The van der Waals surface area contributed by atoms with Gasteiger partial charge in [-0.25, -0.2) is 9.97 Å². The van der Waals surface area contributed by atoms with E-state index in [9.17, 15) is 4.79 Å². The Morgan fingerprint density at radius 2 is 2.25 bits per heavy atom. The van der Waals surface area contributed by atoms with Gasteiger partial charge in [0, 0.05) is 37.1 Å². The topological polar surface area (TPSA) is 96.0 Å². The number of hydrogen-bond donors (Lipinski definition) is 2. The number of aromatic amines is 1. The summed E-state index contributed by atoms with van der Waals surface area (Å²) >= 11 is 0. The van der Waals surface area contributed by atoms with Crippen molar-refractivity contribution in [2.75, 3.05) is 25.0 Å². The van der Waals surface area contributed by atoms with E-state index in [-0.39, 0.29) is 5.91 Å². The molecule has 0 aromatic carbocycles. The fourth-order valence-corrected chi connectivity index (χ4v) is 2.79. The van der Waals surface area contributed by atoms with Crippen LogP contribution in [0.5, 0.6) is 5.88 Å². The average Bonchev–Trinajstić information content (AvgIpc) is 3.09. The molecule has 0 bridgehead atoms. The second-order valence-electron chi connectivity index (χ2n) is 5.73. The molecule has 8 heteroatoms. The van der Waals surface area contributed by atoms with E-state index in [0.29, 0.717) is 24.9 Å². The van der Waals surface area contributed by atoms with Crippen molar-refractivity contribution in [1.82, 2.24) is 25.1 Å². The Balaban J connectivity index is 1.48. The number of carbonyl (C=O) groups is 1. The van der Waals surface area contributed by atoms with Gasteiger partial charge in [-0.1, -0.05) is 0 Å². The van der Waals surface area contributed by atoms with Crippen molar-refractivity contribution < 1.29 is 9.53 Å². The number of ether oxygens (including phenoxy) is 1. The summed E-state index contributed by atoms with van der Waals surface area (Å²) in [5.74, 6) is 1.47. The third kappa shape index (κ3) is 4.21. The maximum absolute atomic E-state index is 12.3. The van der Waals surface area contributed by atoms with Crippen LogP contribution >= 0.6 is 0 Å².